The van der Waals surface area contributed by atoms with Crippen LogP contribution in [0.1, 0.15) is 54.9 Å². The number of nitriles is 1. The Hall–Kier alpha value is -2.88. The molecular weight excluding hydrogens is 452 g/mol. The Labute approximate surface area is 216 Å². The maximum atomic E-state index is 11.9. The molecular formula is C30H41N2O4+. The number of aryl methyl sites for hydroxylation is 1. The number of hydrogen-bond donors (Lipinski definition) is 1. The highest BCUT2D eigenvalue weighted by Gasteiger charge is 2.26. The number of aliphatic hydroxyl groups excluding tert-OH is 1. The van der Waals surface area contributed by atoms with Gasteiger partial charge in [-0.2, -0.15) is 5.26 Å². The Bertz CT molecular complexity index is 1020. The van der Waals surface area contributed by atoms with Gasteiger partial charge in [0.15, 0.2) is 0 Å². The van der Waals surface area contributed by atoms with Crippen molar-refractivity contribution in [3.05, 3.63) is 64.7 Å². The van der Waals surface area contributed by atoms with Crippen LogP contribution in [0.4, 0.5) is 0 Å². The van der Waals surface area contributed by atoms with Crippen LogP contribution in [0.3, 0.4) is 0 Å². The number of likely N-dealkylation sites (N-methyl/N-ethyl adjacent to an activating group) is 1. The van der Waals surface area contributed by atoms with Crippen LogP contribution in [0.5, 0.6) is 5.75 Å². The Balaban J connectivity index is 1.45. The van der Waals surface area contributed by atoms with E-state index in [9.17, 15) is 15.2 Å². The molecule has 1 aliphatic carbocycles. The van der Waals surface area contributed by atoms with Crippen LogP contribution in [0.2, 0.25) is 0 Å². The molecule has 1 aliphatic rings. The fraction of sp³-hybridized carbons (Fsp3) is 0.533. The lowest BCUT2D eigenvalue weighted by molar-refractivity contribution is -0.894. The third-order valence-electron chi connectivity index (χ3n) is 6.96. The summed E-state index contributed by atoms with van der Waals surface area (Å²) in [5.74, 6) is 0.896. The van der Waals surface area contributed by atoms with Gasteiger partial charge in [0.2, 0.25) is 0 Å². The quantitative estimate of drug-likeness (QED) is 0.239. The number of carbonyl (C=O) groups is 1. The number of hydrogen-bond acceptors (Lipinski definition) is 5. The van der Waals surface area contributed by atoms with Gasteiger partial charge in [0, 0.05) is 12.8 Å². The summed E-state index contributed by atoms with van der Waals surface area (Å²) in [6, 6.07) is 16.2. The molecule has 2 aromatic rings. The van der Waals surface area contributed by atoms with Crippen LogP contribution < -0.4 is 4.74 Å². The van der Waals surface area contributed by atoms with Gasteiger partial charge in [-0.05, 0) is 60.4 Å². The second kappa shape index (κ2) is 13.4. The van der Waals surface area contributed by atoms with Crippen molar-refractivity contribution in [3.63, 3.8) is 0 Å². The molecule has 0 radical (unpaired) electrons. The van der Waals surface area contributed by atoms with E-state index in [0.29, 0.717) is 41.3 Å². The van der Waals surface area contributed by atoms with Crippen molar-refractivity contribution in [1.82, 2.24) is 0 Å². The molecule has 3 rings (SSSR count). The van der Waals surface area contributed by atoms with E-state index in [4.69, 9.17) is 9.47 Å². The van der Waals surface area contributed by atoms with Gasteiger partial charge in [-0.25, -0.2) is 0 Å². The van der Waals surface area contributed by atoms with Gasteiger partial charge < -0.3 is 19.1 Å². The molecule has 0 bridgehead atoms. The molecule has 6 heteroatoms. The summed E-state index contributed by atoms with van der Waals surface area (Å²) < 4.78 is 11.8. The predicted molar refractivity (Wildman–Crippen MR) is 141 cm³/mol. The largest absolute Gasteiger partial charge is 0.489 e. The fourth-order valence-corrected chi connectivity index (χ4v) is 4.87. The van der Waals surface area contributed by atoms with Crippen LogP contribution in [-0.2, 0) is 28.8 Å². The zero-order chi connectivity index (χ0) is 26.0. The van der Waals surface area contributed by atoms with Crippen LogP contribution in [0, 0.1) is 17.2 Å². The first-order valence-electron chi connectivity index (χ1n) is 13.2. The molecule has 1 N–H and O–H groups in total. The van der Waals surface area contributed by atoms with E-state index in [2.05, 4.69) is 51.4 Å². The molecule has 0 unspecified atom stereocenters. The molecule has 194 valence electrons. The third-order valence-corrected chi connectivity index (χ3v) is 6.96. The van der Waals surface area contributed by atoms with Gasteiger partial charge in [-0.3, -0.25) is 4.79 Å². The molecule has 6 nitrogen and oxygen atoms in total. The molecule has 0 aromatic heterocycles. The molecule has 0 fully saturated rings. The SMILES string of the molecule is CCCCOC(=O)CCc1ccc(C#N)c(OC[C@H](O)C[N+](C)(C)CCC2Cc3ccccc3C2)c1. The van der Waals surface area contributed by atoms with Crippen LogP contribution >= 0.6 is 0 Å². The van der Waals surface area contributed by atoms with Crippen molar-refractivity contribution in [1.29, 1.82) is 5.26 Å². The van der Waals surface area contributed by atoms with Crippen molar-refractivity contribution in [2.24, 2.45) is 5.92 Å². The van der Waals surface area contributed by atoms with E-state index < -0.39 is 6.10 Å². The zero-order valence-electron chi connectivity index (χ0n) is 22.0. The lowest BCUT2D eigenvalue weighted by atomic mass is 10.0. The van der Waals surface area contributed by atoms with Gasteiger partial charge >= 0.3 is 5.97 Å². The van der Waals surface area contributed by atoms with E-state index in [1.54, 1.807) is 12.1 Å². The predicted octanol–water partition coefficient (Wildman–Crippen LogP) is 4.46. The summed E-state index contributed by atoms with van der Waals surface area (Å²) in [6.07, 6.45) is 5.42. The number of esters is 1. The number of nitrogens with zero attached hydrogens (tertiary/aromatic N) is 2. The molecule has 1 atom stereocenters. The maximum absolute atomic E-state index is 11.9. The van der Waals surface area contributed by atoms with Gasteiger partial charge in [0.25, 0.3) is 0 Å². The summed E-state index contributed by atoms with van der Waals surface area (Å²) in [7, 11) is 4.29. The van der Waals surface area contributed by atoms with E-state index >= 15 is 0 Å². The average Bonchev–Trinajstić information content (AvgIpc) is 3.28. The molecule has 0 saturated heterocycles. The highest BCUT2D eigenvalue weighted by Crippen LogP contribution is 2.29. The highest BCUT2D eigenvalue weighted by atomic mass is 16.5. The Morgan fingerprint density at radius 2 is 1.92 bits per heavy atom. The number of carbonyl (C=O) groups excluding carboxylic acids is 1. The van der Waals surface area contributed by atoms with Crippen LogP contribution in [-0.4, -0.2) is 62.1 Å². The maximum Gasteiger partial charge on any atom is 0.306 e. The molecule has 0 heterocycles. The molecule has 0 saturated carbocycles. The molecule has 36 heavy (non-hydrogen) atoms. The molecule has 0 amide bonds. The molecule has 0 aliphatic heterocycles. The molecule has 2 aromatic carbocycles. The van der Waals surface area contributed by atoms with Crippen LogP contribution in [0.15, 0.2) is 42.5 Å². The van der Waals surface area contributed by atoms with Crippen molar-refractivity contribution in [3.8, 4) is 11.8 Å². The minimum absolute atomic E-state index is 0.119. The zero-order valence-corrected chi connectivity index (χ0v) is 22.0. The topological polar surface area (TPSA) is 79.6 Å². The van der Waals surface area contributed by atoms with E-state index in [0.717, 1.165) is 44.2 Å². The second-order valence-corrected chi connectivity index (χ2v) is 10.7. The van der Waals surface area contributed by atoms with Crippen molar-refractivity contribution in [2.75, 3.05) is 40.4 Å². The minimum Gasteiger partial charge on any atom is -0.489 e. The van der Waals surface area contributed by atoms with Gasteiger partial charge in [0.1, 0.15) is 31.1 Å². The lowest BCUT2D eigenvalue weighted by Gasteiger charge is -2.32. The summed E-state index contributed by atoms with van der Waals surface area (Å²) in [6.45, 7) is 4.19. The number of fused-ring (bicyclic) bond motifs is 1. The number of rotatable bonds is 14. The third kappa shape index (κ3) is 8.65. The normalized spacial score (nSPS) is 14.2. The second-order valence-electron chi connectivity index (χ2n) is 10.7. The number of aliphatic hydroxyl groups is 1. The number of ether oxygens (including phenoxy) is 2. The first-order chi connectivity index (χ1) is 17.3. The van der Waals surface area contributed by atoms with E-state index in [1.165, 1.54) is 11.1 Å². The highest BCUT2D eigenvalue weighted by molar-refractivity contribution is 5.69. The minimum atomic E-state index is -0.649. The fourth-order valence-electron chi connectivity index (χ4n) is 4.87. The lowest BCUT2D eigenvalue weighted by Crippen LogP contribution is -2.48. The monoisotopic (exact) mass is 493 g/mol. The van der Waals surface area contributed by atoms with Gasteiger partial charge in [-0.1, -0.05) is 43.7 Å². The first kappa shape index (κ1) is 27.7. The summed E-state index contributed by atoms with van der Waals surface area (Å²) in [5, 5.41) is 20.2. The van der Waals surface area contributed by atoms with E-state index in [1.807, 2.05) is 6.07 Å². The Kier molecular flexibility index (Phi) is 10.3. The average molecular weight is 494 g/mol. The Morgan fingerprint density at radius 1 is 1.19 bits per heavy atom. The summed E-state index contributed by atoms with van der Waals surface area (Å²) in [5.41, 5.74) is 4.28. The van der Waals surface area contributed by atoms with Crippen molar-refractivity contribution in [2.45, 2.75) is 58.0 Å². The van der Waals surface area contributed by atoms with Gasteiger partial charge in [-0.15, -0.1) is 0 Å². The first-order valence-corrected chi connectivity index (χ1v) is 13.2. The number of quaternary nitrogens is 1. The number of benzene rings is 2. The Morgan fingerprint density at radius 3 is 2.58 bits per heavy atom. The number of unbranched alkanes of at least 4 members (excludes halogenated alkanes) is 1. The van der Waals surface area contributed by atoms with Crippen molar-refractivity contribution < 1.29 is 23.9 Å². The smallest absolute Gasteiger partial charge is 0.306 e. The van der Waals surface area contributed by atoms with Gasteiger partial charge in [0.05, 0.1) is 32.8 Å². The van der Waals surface area contributed by atoms with E-state index in [-0.39, 0.29) is 19.0 Å². The summed E-state index contributed by atoms with van der Waals surface area (Å²) >= 11 is 0. The standard InChI is InChI=1S/C30H41N2O4/c1-4-5-16-35-30(34)13-11-23-10-12-27(20-31)29(19-23)36-22-28(33)21-32(2,3)15-14-24-17-25-8-6-7-9-26(25)18-24/h6-10,12,19,24,28,33H,4-5,11,13-18,21-22H2,1-3H3/q+1/t28-/m1/s1. The van der Waals surface area contributed by atoms with Crippen molar-refractivity contribution >= 4 is 5.97 Å². The summed E-state index contributed by atoms with van der Waals surface area (Å²) in [4.78, 5) is 11.9. The van der Waals surface area contributed by atoms with Crippen LogP contribution in [0.25, 0.3) is 0 Å². The molecule has 0 spiro atoms.